The van der Waals surface area contributed by atoms with Gasteiger partial charge < -0.3 is 5.32 Å². The first-order valence-electron chi connectivity index (χ1n) is 3.27. The highest BCUT2D eigenvalue weighted by atomic mass is 19.1. The van der Waals surface area contributed by atoms with Crippen molar-refractivity contribution in [2.24, 2.45) is 0 Å². The number of rotatable bonds is 5. The molecule has 0 radical (unpaired) electrons. The van der Waals surface area contributed by atoms with Crippen LogP contribution in [0.25, 0.3) is 0 Å². The SMILES string of the molecule is C=CC(=O)NCCCCF. The first-order chi connectivity index (χ1) is 4.81. The van der Waals surface area contributed by atoms with Gasteiger partial charge in [0.1, 0.15) is 0 Å². The highest BCUT2D eigenvalue weighted by molar-refractivity contribution is 5.86. The van der Waals surface area contributed by atoms with E-state index in [1.165, 1.54) is 6.08 Å². The molecule has 0 saturated carbocycles. The highest BCUT2D eigenvalue weighted by Crippen LogP contribution is 1.86. The second-order valence-electron chi connectivity index (χ2n) is 1.89. The van der Waals surface area contributed by atoms with Crippen molar-refractivity contribution in [2.75, 3.05) is 13.2 Å². The van der Waals surface area contributed by atoms with Crippen molar-refractivity contribution in [1.82, 2.24) is 5.32 Å². The van der Waals surface area contributed by atoms with Gasteiger partial charge in [-0.15, -0.1) is 0 Å². The van der Waals surface area contributed by atoms with Crippen LogP contribution in [0, 0.1) is 0 Å². The Kier molecular flexibility index (Phi) is 5.72. The zero-order valence-corrected chi connectivity index (χ0v) is 5.90. The Morgan fingerprint density at radius 1 is 1.60 bits per heavy atom. The molecular weight excluding hydrogens is 133 g/mol. The summed E-state index contributed by atoms with van der Waals surface area (Å²) in [6.45, 7) is 3.49. The normalized spacial score (nSPS) is 8.90. The van der Waals surface area contributed by atoms with Crippen molar-refractivity contribution in [3.8, 4) is 0 Å². The van der Waals surface area contributed by atoms with Gasteiger partial charge in [0.25, 0.3) is 0 Å². The molecule has 0 aliphatic rings. The largest absolute Gasteiger partial charge is 0.353 e. The molecule has 10 heavy (non-hydrogen) atoms. The molecule has 0 aliphatic carbocycles. The van der Waals surface area contributed by atoms with Crippen LogP contribution in [-0.2, 0) is 4.79 Å². The van der Waals surface area contributed by atoms with Crippen LogP contribution in [0.2, 0.25) is 0 Å². The fraction of sp³-hybridized carbons (Fsp3) is 0.571. The maximum Gasteiger partial charge on any atom is 0.243 e. The minimum absolute atomic E-state index is 0.196. The van der Waals surface area contributed by atoms with Crippen molar-refractivity contribution in [1.29, 1.82) is 0 Å². The topological polar surface area (TPSA) is 29.1 Å². The van der Waals surface area contributed by atoms with Crippen LogP contribution in [-0.4, -0.2) is 19.1 Å². The van der Waals surface area contributed by atoms with Crippen molar-refractivity contribution in [3.05, 3.63) is 12.7 Å². The zero-order valence-electron chi connectivity index (χ0n) is 5.90. The summed E-state index contributed by atoms with van der Waals surface area (Å²) >= 11 is 0. The van der Waals surface area contributed by atoms with Gasteiger partial charge in [-0.2, -0.15) is 0 Å². The van der Waals surface area contributed by atoms with Crippen LogP contribution in [0.1, 0.15) is 12.8 Å². The molecule has 1 N–H and O–H groups in total. The molecule has 58 valence electrons. The second-order valence-corrected chi connectivity index (χ2v) is 1.89. The molecule has 1 amide bonds. The molecular formula is C7H12FNO. The highest BCUT2D eigenvalue weighted by Gasteiger charge is 1.91. The van der Waals surface area contributed by atoms with E-state index in [9.17, 15) is 9.18 Å². The summed E-state index contributed by atoms with van der Waals surface area (Å²) < 4.78 is 11.5. The van der Waals surface area contributed by atoms with Gasteiger partial charge >= 0.3 is 0 Å². The number of halogens is 1. The summed E-state index contributed by atoms with van der Waals surface area (Å²) in [7, 11) is 0. The quantitative estimate of drug-likeness (QED) is 0.454. The van der Waals surface area contributed by atoms with Crippen molar-refractivity contribution in [3.63, 3.8) is 0 Å². The lowest BCUT2D eigenvalue weighted by Gasteiger charge is -1.98. The molecule has 0 aromatic carbocycles. The summed E-state index contributed by atoms with van der Waals surface area (Å²) in [5.74, 6) is -0.196. The average molecular weight is 145 g/mol. The fourth-order valence-electron chi connectivity index (χ4n) is 0.503. The van der Waals surface area contributed by atoms with Gasteiger partial charge in [-0.3, -0.25) is 9.18 Å². The third-order valence-electron chi connectivity index (χ3n) is 1.05. The molecule has 0 bridgehead atoms. The summed E-state index contributed by atoms with van der Waals surface area (Å²) in [6.07, 6.45) is 2.41. The van der Waals surface area contributed by atoms with Crippen LogP contribution < -0.4 is 5.32 Å². The number of alkyl halides is 1. The summed E-state index contributed by atoms with van der Waals surface area (Å²) in [4.78, 5) is 10.5. The Morgan fingerprint density at radius 2 is 2.30 bits per heavy atom. The second kappa shape index (κ2) is 6.26. The molecule has 0 rings (SSSR count). The van der Waals surface area contributed by atoms with Gasteiger partial charge in [0, 0.05) is 6.54 Å². The number of nitrogens with one attached hydrogen (secondary N) is 1. The number of hydrogen-bond donors (Lipinski definition) is 1. The zero-order chi connectivity index (χ0) is 7.82. The Hall–Kier alpha value is -0.860. The van der Waals surface area contributed by atoms with Crippen LogP contribution in [0.15, 0.2) is 12.7 Å². The van der Waals surface area contributed by atoms with E-state index in [0.29, 0.717) is 19.4 Å². The standard InChI is InChI=1S/C7H12FNO/c1-2-7(10)9-6-4-3-5-8/h2H,1,3-6H2,(H,9,10). The number of unbranched alkanes of at least 4 members (excludes halogenated alkanes) is 1. The monoisotopic (exact) mass is 145 g/mol. The Bertz CT molecular complexity index is 114. The Balaban J connectivity index is 3.03. The molecule has 0 unspecified atom stereocenters. The third kappa shape index (κ3) is 5.28. The number of hydrogen-bond acceptors (Lipinski definition) is 1. The van der Waals surface area contributed by atoms with E-state index in [-0.39, 0.29) is 12.6 Å². The van der Waals surface area contributed by atoms with Crippen LogP contribution >= 0.6 is 0 Å². The third-order valence-corrected chi connectivity index (χ3v) is 1.05. The molecule has 2 nitrogen and oxygen atoms in total. The first-order valence-corrected chi connectivity index (χ1v) is 3.27. The predicted octanol–water partition coefficient (Wildman–Crippen LogP) is 1.04. The Morgan fingerprint density at radius 3 is 2.80 bits per heavy atom. The van der Waals surface area contributed by atoms with Crippen LogP contribution in [0.3, 0.4) is 0 Å². The molecule has 0 aromatic rings. The lowest BCUT2D eigenvalue weighted by molar-refractivity contribution is -0.116. The van der Waals surface area contributed by atoms with Crippen LogP contribution in [0.5, 0.6) is 0 Å². The maximum absolute atomic E-state index is 11.5. The van der Waals surface area contributed by atoms with Crippen molar-refractivity contribution in [2.45, 2.75) is 12.8 Å². The van der Waals surface area contributed by atoms with E-state index in [4.69, 9.17) is 0 Å². The number of amides is 1. The molecule has 0 atom stereocenters. The summed E-state index contributed by atoms with van der Waals surface area (Å²) in [5, 5.41) is 2.54. The molecule has 0 aliphatic heterocycles. The van der Waals surface area contributed by atoms with E-state index in [2.05, 4.69) is 11.9 Å². The van der Waals surface area contributed by atoms with E-state index < -0.39 is 0 Å². The van der Waals surface area contributed by atoms with Gasteiger partial charge in [-0.1, -0.05) is 6.58 Å². The molecule has 0 heterocycles. The van der Waals surface area contributed by atoms with Gasteiger partial charge in [0.15, 0.2) is 0 Å². The summed E-state index contributed by atoms with van der Waals surface area (Å²) in [6, 6.07) is 0. The first kappa shape index (κ1) is 9.14. The smallest absolute Gasteiger partial charge is 0.243 e. The molecule has 0 saturated heterocycles. The van der Waals surface area contributed by atoms with E-state index in [1.54, 1.807) is 0 Å². The predicted molar refractivity (Wildman–Crippen MR) is 38.4 cm³/mol. The molecule has 0 aromatic heterocycles. The van der Waals surface area contributed by atoms with Crippen molar-refractivity contribution < 1.29 is 9.18 Å². The van der Waals surface area contributed by atoms with E-state index in [1.807, 2.05) is 0 Å². The van der Waals surface area contributed by atoms with Gasteiger partial charge in [0.05, 0.1) is 6.67 Å². The van der Waals surface area contributed by atoms with Crippen LogP contribution in [0.4, 0.5) is 4.39 Å². The van der Waals surface area contributed by atoms with Gasteiger partial charge in [-0.05, 0) is 18.9 Å². The Labute approximate surface area is 60.1 Å². The minimum atomic E-state index is -0.316. The van der Waals surface area contributed by atoms with Gasteiger partial charge in [-0.25, -0.2) is 0 Å². The van der Waals surface area contributed by atoms with E-state index in [0.717, 1.165) is 0 Å². The maximum atomic E-state index is 11.5. The molecule has 0 fully saturated rings. The average Bonchev–Trinajstić information content (AvgIpc) is 1.98. The van der Waals surface area contributed by atoms with E-state index >= 15 is 0 Å². The fourth-order valence-corrected chi connectivity index (χ4v) is 0.503. The molecule has 3 heteroatoms. The minimum Gasteiger partial charge on any atom is -0.353 e. The van der Waals surface area contributed by atoms with Gasteiger partial charge in [0.2, 0.25) is 5.91 Å². The summed E-state index contributed by atoms with van der Waals surface area (Å²) in [5.41, 5.74) is 0. The number of carbonyl (C=O) groups excluding carboxylic acids is 1. The number of carbonyl (C=O) groups is 1. The van der Waals surface area contributed by atoms with Crippen molar-refractivity contribution >= 4 is 5.91 Å². The molecule has 0 spiro atoms. The lowest BCUT2D eigenvalue weighted by atomic mass is 10.3. The lowest BCUT2D eigenvalue weighted by Crippen LogP contribution is -2.21.